The van der Waals surface area contributed by atoms with Crippen LogP contribution in [-0.2, 0) is 9.53 Å². The summed E-state index contributed by atoms with van der Waals surface area (Å²) < 4.78 is 5.03. The lowest BCUT2D eigenvalue weighted by molar-refractivity contribution is -0.148. The lowest BCUT2D eigenvalue weighted by Crippen LogP contribution is -2.59. The molecule has 0 aliphatic heterocycles. The molecule has 19 heavy (non-hydrogen) atoms. The van der Waals surface area contributed by atoms with E-state index in [4.69, 9.17) is 4.74 Å². The number of thioether (sulfide) groups is 1. The quantitative estimate of drug-likeness (QED) is 0.579. The molecule has 1 unspecified atom stereocenters. The van der Waals surface area contributed by atoms with Crippen molar-refractivity contribution in [2.24, 2.45) is 5.92 Å². The predicted octanol–water partition coefficient (Wildman–Crippen LogP) is 1.22. The second kappa shape index (κ2) is 5.92. The third-order valence-corrected chi connectivity index (χ3v) is 4.27. The second-order valence-electron chi connectivity index (χ2n) is 5.12. The number of aromatic amines is 1. The summed E-state index contributed by atoms with van der Waals surface area (Å²) in [6.07, 6.45) is 3.59. The highest BCUT2D eigenvalue weighted by Crippen LogP contribution is 2.43. The first-order valence-electron chi connectivity index (χ1n) is 6.43. The fourth-order valence-electron chi connectivity index (χ4n) is 2.28. The third kappa shape index (κ3) is 3.27. The molecule has 1 heterocycles. The highest BCUT2D eigenvalue weighted by Gasteiger charge is 2.52. The molecule has 0 bridgehead atoms. The molecule has 0 radical (unpaired) electrons. The minimum Gasteiger partial charge on any atom is -0.468 e. The van der Waals surface area contributed by atoms with Crippen molar-refractivity contribution in [2.75, 3.05) is 12.9 Å². The van der Waals surface area contributed by atoms with Gasteiger partial charge in [0, 0.05) is 11.8 Å². The van der Waals surface area contributed by atoms with E-state index in [1.807, 2.05) is 13.8 Å². The first-order valence-corrected chi connectivity index (χ1v) is 7.41. The summed E-state index contributed by atoms with van der Waals surface area (Å²) in [6, 6.07) is 0.218. The van der Waals surface area contributed by atoms with Gasteiger partial charge >= 0.3 is 5.97 Å². The molecule has 1 fully saturated rings. The smallest absolute Gasteiger partial charge is 0.327 e. The Labute approximate surface area is 117 Å². The van der Waals surface area contributed by atoms with Crippen LogP contribution in [0.25, 0.3) is 0 Å². The summed E-state index contributed by atoms with van der Waals surface area (Å²) in [5, 5.41) is 10.7. The fourth-order valence-corrected chi connectivity index (χ4v) is 3.32. The van der Waals surface area contributed by atoms with Gasteiger partial charge in [-0.05, 0) is 32.6 Å². The van der Waals surface area contributed by atoms with E-state index in [9.17, 15) is 4.79 Å². The maximum absolute atomic E-state index is 12.3. The van der Waals surface area contributed by atoms with Crippen molar-refractivity contribution in [3.63, 3.8) is 0 Å². The van der Waals surface area contributed by atoms with E-state index < -0.39 is 5.54 Å². The van der Waals surface area contributed by atoms with Gasteiger partial charge in [-0.3, -0.25) is 15.2 Å². The largest absolute Gasteiger partial charge is 0.468 e. The Kier molecular flexibility index (Phi) is 4.46. The number of hydrogen-bond donors (Lipinski definition) is 2. The molecule has 1 aromatic rings. The zero-order chi connectivity index (χ0) is 13.9. The van der Waals surface area contributed by atoms with Gasteiger partial charge in [0.15, 0.2) is 5.16 Å². The van der Waals surface area contributed by atoms with Crippen LogP contribution in [-0.4, -0.2) is 45.6 Å². The maximum Gasteiger partial charge on any atom is 0.327 e. The van der Waals surface area contributed by atoms with Gasteiger partial charge in [0.1, 0.15) is 11.9 Å². The molecule has 7 heteroatoms. The van der Waals surface area contributed by atoms with Crippen molar-refractivity contribution in [1.82, 2.24) is 20.5 Å². The number of rotatable bonds is 7. The van der Waals surface area contributed by atoms with Crippen LogP contribution >= 0.6 is 11.8 Å². The third-order valence-electron chi connectivity index (χ3n) is 3.20. The van der Waals surface area contributed by atoms with Gasteiger partial charge in [0.2, 0.25) is 0 Å². The summed E-state index contributed by atoms with van der Waals surface area (Å²) in [6.45, 7) is 4.08. The molecule has 0 amide bonds. The van der Waals surface area contributed by atoms with Crippen LogP contribution in [0.15, 0.2) is 11.5 Å². The first kappa shape index (κ1) is 14.3. The normalized spacial score (nSPS) is 18.3. The molecule has 0 saturated heterocycles. The summed E-state index contributed by atoms with van der Waals surface area (Å²) in [5.41, 5.74) is -0.625. The standard InChI is InChI=1S/C12H20N4O2S/c1-8(2)15-12(9-4-5-9,10(17)18-3)6-19-11-13-7-14-16-11/h7-9,15H,4-6H2,1-3H3,(H,13,14,16). The van der Waals surface area contributed by atoms with Gasteiger partial charge in [-0.2, -0.15) is 5.10 Å². The Morgan fingerprint density at radius 2 is 2.42 bits per heavy atom. The van der Waals surface area contributed by atoms with Crippen LogP contribution in [0.5, 0.6) is 0 Å². The lowest BCUT2D eigenvalue weighted by Gasteiger charge is -2.33. The van der Waals surface area contributed by atoms with Crippen LogP contribution in [0, 0.1) is 5.92 Å². The van der Waals surface area contributed by atoms with Crippen LogP contribution in [0.3, 0.4) is 0 Å². The molecule has 106 valence electrons. The van der Waals surface area contributed by atoms with Crippen molar-refractivity contribution >= 4 is 17.7 Å². The molecule has 1 aromatic heterocycles. The van der Waals surface area contributed by atoms with Crippen LogP contribution in [0.4, 0.5) is 0 Å². The number of hydrogen-bond acceptors (Lipinski definition) is 6. The van der Waals surface area contributed by atoms with Gasteiger partial charge in [-0.25, -0.2) is 4.98 Å². The topological polar surface area (TPSA) is 79.9 Å². The number of methoxy groups -OCH3 is 1. The Balaban J connectivity index is 2.13. The number of H-pyrrole nitrogens is 1. The van der Waals surface area contributed by atoms with Crippen molar-refractivity contribution in [1.29, 1.82) is 0 Å². The minimum atomic E-state index is -0.625. The molecule has 0 spiro atoms. The van der Waals surface area contributed by atoms with Crippen molar-refractivity contribution in [3.8, 4) is 0 Å². The molecule has 2 rings (SSSR count). The Morgan fingerprint density at radius 1 is 1.68 bits per heavy atom. The van der Waals surface area contributed by atoms with Gasteiger partial charge in [-0.1, -0.05) is 11.8 Å². The zero-order valence-electron chi connectivity index (χ0n) is 11.5. The number of aromatic nitrogens is 3. The van der Waals surface area contributed by atoms with Crippen molar-refractivity contribution in [3.05, 3.63) is 6.33 Å². The Morgan fingerprint density at radius 3 is 2.89 bits per heavy atom. The Hall–Kier alpha value is -1.08. The van der Waals surface area contributed by atoms with E-state index in [-0.39, 0.29) is 12.0 Å². The van der Waals surface area contributed by atoms with E-state index >= 15 is 0 Å². The zero-order valence-corrected chi connectivity index (χ0v) is 12.3. The highest BCUT2D eigenvalue weighted by molar-refractivity contribution is 7.99. The highest BCUT2D eigenvalue weighted by atomic mass is 32.2. The van der Waals surface area contributed by atoms with Crippen molar-refractivity contribution < 1.29 is 9.53 Å². The number of esters is 1. The van der Waals surface area contributed by atoms with E-state index in [2.05, 4.69) is 20.5 Å². The molecule has 1 aliphatic rings. The van der Waals surface area contributed by atoms with Crippen LogP contribution in [0.1, 0.15) is 26.7 Å². The first-order chi connectivity index (χ1) is 9.08. The maximum atomic E-state index is 12.3. The number of nitrogens with zero attached hydrogens (tertiary/aromatic N) is 2. The SMILES string of the molecule is COC(=O)C(CSc1ncn[nH]1)(NC(C)C)C1CC1. The second-order valence-corrected chi connectivity index (χ2v) is 6.08. The number of ether oxygens (including phenoxy) is 1. The molecule has 2 N–H and O–H groups in total. The van der Waals surface area contributed by atoms with Crippen molar-refractivity contribution in [2.45, 2.75) is 43.4 Å². The van der Waals surface area contributed by atoms with Gasteiger partial charge in [0.25, 0.3) is 0 Å². The molecule has 0 aromatic carbocycles. The van der Waals surface area contributed by atoms with Crippen LogP contribution < -0.4 is 5.32 Å². The van der Waals surface area contributed by atoms with Gasteiger partial charge in [0.05, 0.1) is 7.11 Å². The summed E-state index contributed by atoms with van der Waals surface area (Å²) in [5.74, 6) is 0.756. The van der Waals surface area contributed by atoms with Gasteiger partial charge < -0.3 is 4.74 Å². The summed E-state index contributed by atoms with van der Waals surface area (Å²) >= 11 is 1.50. The predicted molar refractivity (Wildman–Crippen MR) is 72.8 cm³/mol. The minimum absolute atomic E-state index is 0.185. The molecule has 6 nitrogen and oxygen atoms in total. The Bertz CT molecular complexity index is 419. The molecule has 1 saturated carbocycles. The summed E-state index contributed by atoms with van der Waals surface area (Å²) in [7, 11) is 1.45. The van der Waals surface area contributed by atoms with Gasteiger partial charge in [-0.15, -0.1) is 0 Å². The van der Waals surface area contributed by atoms with E-state index in [0.717, 1.165) is 18.0 Å². The molecule has 1 atom stereocenters. The molecular weight excluding hydrogens is 264 g/mol. The number of nitrogens with one attached hydrogen (secondary N) is 2. The van der Waals surface area contributed by atoms with Crippen LogP contribution in [0.2, 0.25) is 0 Å². The fraction of sp³-hybridized carbons (Fsp3) is 0.750. The van der Waals surface area contributed by atoms with E-state index in [1.165, 1.54) is 25.2 Å². The number of carbonyl (C=O) groups is 1. The number of carbonyl (C=O) groups excluding carboxylic acids is 1. The molecular formula is C12H20N4O2S. The molecule has 1 aliphatic carbocycles. The van der Waals surface area contributed by atoms with E-state index in [0.29, 0.717) is 11.7 Å². The monoisotopic (exact) mass is 284 g/mol. The average Bonchev–Trinajstić information content (AvgIpc) is 3.11. The summed E-state index contributed by atoms with van der Waals surface area (Å²) in [4.78, 5) is 16.3. The average molecular weight is 284 g/mol. The lowest BCUT2D eigenvalue weighted by atomic mass is 9.94. The van der Waals surface area contributed by atoms with E-state index in [1.54, 1.807) is 0 Å².